The summed E-state index contributed by atoms with van der Waals surface area (Å²) >= 11 is 0. The van der Waals surface area contributed by atoms with E-state index in [1.807, 2.05) is 19.2 Å². The largest absolute Gasteiger partial charge is 0.573 e. The van der Waals surface area contributed by atoms with Crippen molar-refractivity contribution in [2.24, 2.45) is 5.92 Å². The Kier molecular flexibility index (Phi) is 6.25. The molecular weight excluding hydrogens is 478 g/mol. The fourth-order valence-corrected chi connectivity index (χ4v) is 5.15. The van der Waals surface area contributed by atoms with Gasteiger partial charge in [0, 0.05) is 37.5 Å². The second-order valence-corrected chi connectivity index (χ2v) is 9.66. The van der Waals surface area contributed by atoms with Crippen LogP contribution in [0.1, 0.15) is 60.3 Å². The molecule has 0 unspecified atom stereocenters. The molecule has 1 aromatic carbocycles. The Labute approximate surface area is 205 Å². The van der Waals surface area contributed by atoms with Crippen molar-refractivity contribution in [1.29, 1.82) is 0 Å². The van der Waals surface area contributed by atoms with Gasteiger partial charge in [-0.25, -0.2) is 13.9 Å². The maximum absolute atomic E-state index is 14.0. The SMILES string of the molecule is Cc1cn2nc([C@@H]3CCCCN3C(=O)c3cc(F)ccc3OC(F)(F)F)cc2nc1N1CC[C@H](C)C1. The first-order valence-corrected chi connectivity index (χ1v) is 12.1. The predicted octanol–water partition coefficient (Wildman–Crippen LogP) is 5.29. The molecule has 7 nitrogen and oxygen atoms in total. The van der Waals surface area contributed by atoms with Gasteiger partial charge in [-0.2, -0.15) is 5.10 Å². The minimum Gasteiger partial charge on any atom is -0.405 e. The van der Waals surface area contributed by atoms with Gasteiger partial charge in [0.2, 0.25) is 0 Å². The average Bonchev–Trinajstić information content (AvgIpc) is 3.44. The van der Waals surface area contributed by atoms with E-state index in [0.29, 0.717) is 36.6 Å². The van der Waals surface area contributed by atoms with Crippen molar-refractivity contribution in [3.8, 4) is 5.75 Å². The highest BCUT2D eigenvalue weighted by molar-refractivity contribution is 5.97. The van der Waals surface area contributed by atoms with Crippen LogP contribution in [0.15, 0.2) is 30.5 Å². The number of fused-ring (bicyclic) bond motifs is 1. The second-order valence-electron chi connectivity index (χ2n) is 9.66. The normalized spacial score (nSPS) is 20.8. The van der Waals surface area contributed by atoms with E-state index in [4.69, 9.17) is 4.98 Å². The van der Waals surface area contributed by atoms with Gasteiger partial charge in [0.25, 0.3) is 5.91 Å². The number of piperidine rings is 1. The smallest absolute Gasteiger partial charge is 0.405 e. The monoisotopic (exact) mass is 505 g/mol. The lowest BCUT2D eigenvalue weighted by Crippen LogP contribution is -2.39. The van der Waals surface area contributed by atoms with Crippen molar-refractivity contribution in [1.82, 2.24) is 19.5 Å². The van der Waals surface area contributed by atoms with Crippen molar-refractivity contribution >= 4 is 17.4 Å². The Morgan fingerprint density at radius 1 is 1.14 bits per heavy atom. The topological polar surface area (TPSA) is 63.0 Å². The molecule has 2 atom stereocenters. The Balaban J connectivity index is 1.48. The summed E-state index contributed by atoms with van der Waals surface area (Å²) in [5, 5.41) is 4.66. The number of amides is 1. The first-order chi connectivity index (χ1) is 17.1. The molecule has 2 aromatic heterocycles. The van der Waals surface area contributed by atoms with Gasteiger partial charge in [-0.05, 0) is 56.7 Å². The molecule has 0 N–H and O–H groups in total. The summed E-state index contributed by atoms with van der Waals surface area (Å²) in [6.07, 6.45) is 0.0763. The number of carbonyl (C=O) groups excluding carboxylic acids is 1. The third kappa shape index (κ3) is 4.83. The molecule has 3 aromatic rings. The molecule has 0 radical (unpaired) electrons. The molecule has 0 saturated carbocycles. The molecular formula is C25H27F4N5O2. The lowest BCUT2D eigenvalue weighted by molar-refractivity contribution is -0.274. The first kappa shape index (κ1) is 24.3. The molecule has 4 heterocycles. The lowest BCUT2D eigenvalue weighted by atomic mass is 9.98. The third-order valence-electron chi connectivity index (χ3n) is 6.85. The van der Waals surface area contributed by atoms with Crippen LogP contribution in [0.2, 0.25) is 0 Å². The molecule has 2 aliphatic heterocycles. The zero-order valence-electron chi connectivity index (χ0n) is 20.1. The Morgan fingerprint density at radius 2 is 1.94 bits per heavy atom. The molecule has 0 bridgehead atoms. The van der Waals surface area contributed by atoms with Gasteiger partial charge >= 0.3 is 6.36 Å². The zero-order chi connectivity index (χ0) is 25.6. The summed E-state index contributed by atoms with van der Waals surface area (Å²) < 4.78 is 58.4. The van der Waals surface area contributed by atoms with E-state index in [1.165, 1.54) is 4.90 Å². The second kappa shape index (κ2) is 9.25. The number of hydrogen-bond acceptors (Lipinski definition) is 5. The number of anilines is 1. The average molecular weight is 506 g/mol. The Hall–Kier alpha value is -3.37. The highest BCUT2D eigenvalue weighted by Crippen LogP contribution is 2.35. The molecule has 11 heteroatoms. The highest BCUT2D eigenvalue weighted by atomic mass is 19.4. The molecule has 2 saturated heterocycles. The summed E-state index contributed by atoms with van der Waals surface area (Å²) in [4.78, 5) is 22.0. The van der Waals surface area contributed by atoms with Crippen molar-refractivity contribution in [3.63, 3.8) is 0 Å². The van der Waals surface area contributed by atoms with Gasteiger partial charge in [-0.1, -0.05) is 6.92 Å². The number of alkyl halides is 3. The molecule has 36 heavy (non-hydrogen) atoms. The summed E-state index contributed by atoms with van der Waals surface area (Å²) in [6.45, 7) is 6.37. The summed E-state index contributed by atoms with van der Waals surface area (Å²) in [5.74, 6) is -0.777. The quantitative estimate of drug-likeness (QED) is 0.451. The van der Waals surface area contributed by atoms with Crippen molar-refractivity contribution in [3.05, 3.63) is 53.1 Å². The minimum atomic E-state index is -5.01. The van der Waals surface area contributed by atoms with E-state index < -0.39 is 35.4 Å². The number of rotatable bonds is 4. The Bertz CT molecular complexity index is 1290. The lowest BCUT2D eigenvalue weighted by Gasteiger charge is -2.35. The molecule has 2 fully saturated rings. The van der Waals surface area contributed by atoms with E-state index in [0.717, 1.165) is 55.5 Å². The van der Waals surface area contributed by atoms with Crippen LogP contribution >= 0.6 is 0 Å². The molecule has 0 spiro atoms. The fraction of sp³-hybridized carbons (Fsp3) is 0.480. The van der Waals surface area contributed by atoms with E-state index in [9.17, 15) is 22.4 Å². The van der Waals surface area contributed by atoms with Crippen LogP contribution in [0.5, 0.6) is 5.75 Å². The number of hydrogen-bond donors (Lipinski definition) is 0. The summed E-state index contributed by atoms with van der Waals surface area (Å²) in [7, 11) is 0. The molecule has 2 aliphatic rings. The predicted molar refractivity (Wildman–Crippen MR) is 124 cm³/mol. The maximum atomic E-state index is 14.0. The van der Waals surface area contributed by atoms with Crippen LogP contribution < -0.4 is 9.64 Å². The van der Waals surface area contributed by atoms with Crippen LogP contribution in [0, 0.1) is 18.7 Å². The highest BCUT2D eigenvalue weighted by Gasteiger charge is 2.36. The minimum absolute atomic E-state index is 0.308. The third-order valence-corrected chi connectivity index (χ3v) is 6.85. The number of aryl methyl sites for hydroxylation is 1. The van der Waals surface area contributed by atoms with Crippen molar-refractivity contribution < 1.29 is 27.1 Å². The summed E-state index contributed by atoms with van der Waals surface area (Å²) in [6, 6.07) is 3.78. The zero-order valence-corrected chi connectivity index (χ0v) is 20.1. The number of ether oxygens (including phenoxy) is 1. The number of benzene rings is 1. The Morgan fingerprint density at radius 3 is 2.67 bits per heavy atom. The molecule has 5 rings (SSSR count). The van der Waals surface area contributed by atoms with Crippen LogP contribution in [0.25, 0.3) is 5.65 Å². The van der Waals surface area contributed by atoms with Gasteiger partial charge in [0.1, 0.15) is 17.4 Å². The van der Waals surface area contributed by atoms with Gasteiger partial charge in [0.05, 0.1) is 17.3 Å². The fourth-order valence-electron chi connectivity index (χ4n) is 5.15. The van der Waals surface area contributed by atoms with Crippen LogP contribution in [-0.2, 0) is 0 Å². The van der Waals surface area contributed by atoms with E-state index >= 15 is 0 Å². The van der Waals surface area contributed by atoms with Crippen molar-refractivity contribution in [2.75, 3.05) is 24.5 Å². The van der Waals surface area contributed by atoms with E-state index in [-0.39, 0.29) is 0 Å². The molecule has 0 aliphatic carbocycles. The maximum Gasteiger partial charge on any atom is 0.573 e. The number of likely N-dealkylation sites (tertiary alicyclic amines) is 1. The van der Waals surface area contributed by atoms with Gasteiger partial charge in [0.15, 0.2) is 5.65 Å². The number of carbonyl (C=O) groups is 1. The van der Waals surface area contributed by atoms with Gasteiger partial charge in [-0.15, -0.1) is 13.2 Å². The van der Waals surface area contributed by atoms with E-state index in [2.05, 4.69) is 21.7 Å². The van der Waals surface area contributed by atoms with Crippen LogP contribution in [0.3, 0.4) is 0 Å². The summed E-state index contributed by atoms with van der Waals surface area (Å²) in [5.41, 5.74) is 1.74. The van der Waals surface area contributed by atoms with Crippen LogP contribution in [-0.4, -0.2) is 51.4 Å². The standard InChI is InChI=1S/C25H27F4N5O2/c1-15-8-10-32(13-15)23-16(2)14-34-22(30-23)12-19(31-34)20-5-3-4-9-33(20)24(35)18-11-17(26)6-7-21(18)36-25(27,28)29/h6-7,11-12,14-15,20H,3-5,8-10,13H2,1-2H3/t15-,20-/m0/s1. The molecule has 1 amide bonds. The number of aromatic nitrogens is 3. The van der Waals surface area contributed by atoms with Gasteiger partial charge in [-0.3, -0.25) is 4.79 Å². The molecule has 192 valence electrons. The van der Waals surface area contributed by atoms with Crippen LogP contribution in [0.4, 0.5) is 23.4 Å². The van der Waals surface area contributed by atoms with E-state index in [1.54, 1.807) is 4.52 Å². The number of halogens is 4. The first-order valence-electron chi connectivity index (χ1n) is 12.1. The number of nitrogens with zero attached hydrogens (tertiary/aromatic N) is 5. The van der Waals surface area contributed by atoms with Gasteiger partial charge < -0.3 is 14.5 Å². The van der Waals surface area contributed by atoms with Crippen molar-refractivity contribution in [2.45, 2.75) is 51.9 Å².